The summed E-state index contributed by atoms with van der Waals surface area (Å²) in [5, 5.41) is 9.60. The summed E-state index contributed by atoms with van der Waals surface area (Å²) in [5.74, 6) is 2.36. The van der Waals surface area contributed by atoms with E-state index in [1.165, 1.54) is 122 Å². The molecule has 3 aliphatic rings. The van der Waals surface area contributed by atoms with Gasteiger partial charge in [0, 0.05) is 12.3 Å². The van der Waals surface area contributed by atoms with E-state index >= 15 is 0 Å². The van der Waals surface area contributed by atoms with Crippen molar-refractivity contribution in [1.82, 2.24) is 0 Å². The van der Waals surface area contributed by atoms with Gasteiger partial charge < -0.3 is 4.74 Å². The minimum Gasteiger partial charge on any atom is -0.367 e. The molecule has 3 heteroatoms. The number of hydrogen-bond acceptors (Lipinski definition) is 3. The number of fused-ring (bicyclic) bond motifs is 3. The van der Waals surface area contributed by atoms with Crippen molar-refractivity contribution in [3.05, 3.63) is 0 Å². The monoisotopic (exact) mass is 529 g/mol. The fourth-order valence-electron chi connectivity index (χ4n) is 7.26. The van der Waals surface area contributed by atoms with E-state index in [9.17, 15) is 10.1 Å². The Morgan fingerprint density at radius 2 is 1.24 bits per heavy atom. The van der Waals surface area contributed by atoms with Crippen molar-refractivity contribution in [2.45, 2.75) is 187 Å². The predicted molar refractivity (Wildman–Crippen MR) is 161 cm³/mol. The number of Topliss-reactive ketones (excluding diaryl/α,β-unsaturated/α-hetero) is 1. The molecule has 6 atom stereocenters. The zero-order valence-corrected chi connectivity index (χ0v) is 25.7. The molecule has 1 aliphatic carbocycles. The van der Waals surface area contributed by atoms with Crippen LogP contribution in [0.15, 0.2) is 0 Å². The van der Waals surface area contributed by atoms with Crippen LogP contribution in [0.25, 0.3) is 0 Å². The van der Waals surface area contributed by atoms with E-state index in [2.05, 4.69) is 26.8 Å². The number of rotatable bonds is 24. The average molecular weight is 530 g/mol. The number of nitrogens with zero attached hydrogens (tertiary/aromatic N) is 1. The standard InChI is InChI=1S/C35H63NO2/c1-4-7-10-13-14-15-16-21-29(28-36)22-19-20-25-33(37)35-32-26-31(24-18-12-9-6-3)34(38-35)27-30(32)23-17-11-8-5-2/h29-32,34-35H,4-27H2,1-3H3. The molecule has 0 radical (unpaired) electrons. The molecular formula is C35H63NO2. The van der Waals surface area contributed by atoms with E-state index < -0.39 is 0 Å². The van der Waals surface area contributed by atoms with E-state index in [-0.39, 0.29) is 12.0 Å². The Balaban J connectivity index is 1.73. The highest BCUT2D eigenvalue weighted by atomic mass is 16.5. The van der Waals surface area contributed by atoms with Gasteiger partial charge in [-0.3, -0.25) is 4.79 Å². The third-order valence-electron chi connectivity index (χ3n) is 9.69. The van der Waals surface area contributed by atoms with Gasteiger partial charge in [0.15, 0.2) is 5.78 Å². The van der Waals surface area contributed by atoms with Crippen LogP contribution in [0.2, 0.25) is 0 Å². The molecule has 220 valence electrons. The summed E-state index contributed by atoms with van der Waals surface area (Å²) in [6.45, 7) is 6.82. The molecule has 2 saturated heterocycles. The first-order chi connectivity index (χ1) is 18.6. The third kappa shape index (κ3) is 12.5. The van der Waals surface area contributed by atoms with Gasteiger partial charge in [-0.05, 0) is 62.7 Å². The van der Waals surface area contributed by atoms with Gasteiger partial charge in [-0.2, -0.15) is 5.26 Å². The molecular weight excluding hydrogens is 466 g/mol. The van der Waals surface area contributed by atoms with Crippen molar-refractivity contribution in [2.75, 3.05) is 0 Å². The van der Waals surface area contributed by atoms with Crippen LogP contribution in [0.4, 0.5) is 0 Å². The quantitative estimate of drug-likeness (QED) is 0.117. The molecule has 0 spiro atoms. The van der Waals surface area contributed by atoms with E-state index in [0.717, 1.165) is 25.7 Å². The van der Waals surface area contributed by atoms with Gasteiger partial charge in [0.1, 0.15) is 6.10 Å². The number of unbranched alkanes of at least 4 members (excludes halogenated alkanes) is 13. The van der Waals surface area contributed by atoms with Crippen molar-refractivity contribution in [2.24, 2.45) is 23.7 Å². The molecule has 0 aromatic carbocycles. The van der Waals surface area contributed by atoms with Gasteiger partial charge in [0.2, 0.25) is 0 Å². The first kappa shape index (κ1) is 33.3. The summed E-state index contributed by atoms with van der Waals surface area (Å²) in [6, 6.07) is 2.54. The SMILES string of the molecule is CCCCCCCCCC(C#N)CCCCC(=O)C1OC2CC(CCCCCC)C1CC2CCCCCC. The summed E-state index contributed by atoms with van der Waals surface area (Å²) >= 11 is 0. The van der Waals surface area contributed by atoms with Gasteiger partial charge in [0.25, 0.3) is 0 Å². The second kappa shape index (κ2) is 20.9. The molecule has 0 aromatic rings. The number of carbonyl (C=O) groups is 1. The molecule has 38 heavy (non-hydrogen) atoms. The molecule has 3 fully saturated rings. The zero-order valence-electron chi connectivity index (χ0n) is 25.7. The van der Waals surface area contributed by atoms with Crippen molar-refractivity contribution >= 4 is 5.78 Å². The maximum absolute atomic E-state index is 13.4. The Kier molecular flexibility index (Phi) is 18.4. The third-order valence-corrected chi connectivity index (χ3v) is 9.69. The number of ketones is 1. The fraction of sp³-hybridized carbons (Fsp3) is 0.943. The molecule has 3 rings (SSSR count). The number of nitriles is 1. The summed E-state index contributed by atoms with van der Waals surface area (Å²) < 4.78 is 6.57. The number of ether oxygens (including phenoxy) is 1. The Labute approximate surface area is 237 Å². The van der Waals surface area contributed by atoms with Gasteiger partial charge in [-0.25, -0.2) is 0 Å². The van der Waals surface area contributed by atoms with Crippen LogP contribution in [0.3, 0.4) is 0 Å². The van der Waals surface area contributed by atoms with Gasteiger partial charge in [-0.15, -0.1) is 0 Å². The van der Waals surface area contributed by atoms with Crippen LogP contribution in [0.1, 0.15) is 175 Å². The van der Waals surface area contributed by atoms with Crippen LogP contribution in [-0.2, 0) is 9.53 Å². The lowest BCUT2D eigenvalue weighted by Crippen LogP contribution is -2.53. The first-order valence-corrected chi connectivity index (χ1v) is 17.2. The maximum atomic E-state index is 13.4. The molecule has 2 heterocycles. The molecule has 0 aromatic heterocycles. The highest BCUT2D eigenvalue weighted by Crippen LogP contribution is 2.48. The van der Waals surface area contributed by atoms with Crippen LogP contribution < -0.4 is 0 Å². The second-order valence-corrected chi connectivity index (χ2v) is 12.9. The molecule has 1 saturated carbocycles. The lowest BCUT2D eigenvalue weighted by Gasteiger charge is -2.51. The highest BCUT2D eigenvalue weighted by Gasteiger charge is 2.49. The molecule has 0 N–H and O–H groups in total. The summed E-state index contributed by atoms with van der Waals surface area (Å²) in [7, 11) is 0. The topological polar surface area (TPSA) is 50.1 Å². The minimum atomic E-state index is -0.142. The predicted octanol–water partition coefficient (Wildman–Crippen LogP) is 10.7. The van der Waals surface area contributed by atoms with Gasteiger partial charge in [0.05, 0.1) is 12.2 Å². The largest absolute Gasteiger partial charge is 0.367 e. The van der Waals surface area contributed by atoms with E-state index in [0.29, 0.717) is 36.1 Å². The first-order valence-electron chi connectivity index (χ1n) is 17.2. The smallest absolute Gasteiger partial charge is 0.161 e. The number of carbonyl (C=O) groups excluding carboxylic acids is 1. The Morgan fingerprint density at radius 1 is 0.711 bits per heavy atom. The molecule has 2 bridgehead atoms. The van der Waals surface area contributed by atoms with Crippen molar-refractivity contribution < 1.29 is 9.53 Å². The fourth-order valence-corrected chi connectivity index (χ4v) is 7.26. The van der Waals surface area contributed by atoms with Crippen LogP contribution >= 0.6 is 0 Å². The van der Waals surface area contributed by atoms with Crippen molar-refractivity contribution in [3.63, 3.8) is 0 Å². The number of hydrogen-bond donors (Lipinski definition) is 0. The lowest BCUT2D eigenvalue weighted by atomic mass is 9.64. The Hall–Kier alpha value is -0.880. The highest BCUT2D eigenvalue weighted by molar-refractivity contribution is 5.83. The van der Waals surface area contributed by atoms with Crippen LogP contribution in [-0.4, -0.2) is 18.0 Å². The van der Waals surface area contributed by atoms with Crippen LogP contribution in [0.5, 0.6) is 0 Å². The molecule has 0 amide bonds. The summed E-state index contributed by atoms with van der Waals surface area (Å²) in [4.78, 5) is 13.4. The van der Waals surface area contributed by atoms with E-state index in [1.807, 2.05) is 0 Å². The zero-order chi connectivity index (χ0) is 27.4. The van der Waals surface area contributed by atoms with Gasteiger partial charge >= 0.3 is 0 Å². The lowest BCUT2D eigenvalue weighted by molar-refractivity contribution is -0.189. The molecule has 6 unspecified atom stereocenters. The van der Waals surface area contributed by atoms with Crippen molar-refractivity contribution in [3.8, 4) is 6.07 Å². The normalized spacial score (nSPS) is 25.4. The van der Waals surface area contributed by atoms with Gasteiger partial charge in [-0.1, -0.05) is 124 Å². The minimum absolute atomic E-state index is 0.142. The summed E-state index contributed by atoms with van der Waals surface area (Å²) in [6.07, 6.45) is 29.4. The molecule has 3 nitrogen and oxygen atoms in total. The van der Waals surface area contributed by atoms with E-state index in [1.54, 1.807) is 0 Å². The Morgan fingerprint density at radius 3 is 1.82 bits per heavy atom. The van der Waals surface area contributed by atoms with Crippen LogP contribution in [0, 0.1) is 35.0 Å². The van der Waals surface area contributed by atoms with Crippen molar-refractivity contribution in [1.29, 1.82) is 5.26 Å². The second-order valence-electron chi connectivity index (χ2n) is 12.9. The average Bonchev–Trinajstić information content (AvgIpc) is 2.94. The Bertz CT molecular complexity index is 640. The molecule has 2 aliphatic heterocycles. The summed E-state index contributed by atoms with van der Waals surface area (Å²) in [5.41, 5.74) is 0. The maximum Gasteiger partial charge on any atom is 0.161 e. The van der Waals surface area contributed by atoms with E-state index in [4.69, 9.17) is 4.74 Å².